The molecule has 1 aliphatic carbocycles. The van der Waals surface area contributed by atoms with Crippen LogP contribution in [0.25, 0.3) is 0 Å². The third-order valence-corrected chi connectivity index (χ3v) is 5.36. The van der Waals surface area contributed by atoms with Gasteiger partial charge in [0.1, 0.15) is 5.54 Å². The summed E-state index contributed by atoms with van der Waals surface area (Å²) in [7, 11) is 0. The minimum absolute atomic E-state index is 0.363. The highest BCUT2D eigenvalue weighted by Gasteiger charge is 2.35. The van der Waals surface area contributed by atoms with Gasteiger partial charge in [-0.05, 0) is 39.5 Å². The van der Waals surface area contributed by atoms with Gasteiger partial charge in [-0.1, -0.05) is 6.92 Å². The molecular formula is C14H24N2OS. The van der Waals surface area contributed by atoms with E-state index in [0.29, 0.717) is 22.6 Å². The molecule has 0 amide bonds. The molecule has 18 heavy (non-hydrogen) atoms. The molecule has 102 valence electrons. The molecular weight excluding hydrogens is 244 g/mol. The van der Waals surface area contributed by atoms with Crippen LogP contribution in [0.4, 0.5) is 0 Å². The van der Waals surface area contributed by atoms with Crippen LogP contribution in [0, 0.1) is 11.3 Å². The summed E-state index contributed by atoms with van der Waals surface area (Å²) in [5.41, 5.74) is -0.365. The first-order valence-corrected chi connectivity index (χ1v) is 7.93. The second-order valence-corrected chi connectivity index (χ2v) is 7.60. The molecule has 0 bridgehead atoms. The Morgan fingerprint density at radius 3 is 2.72 bits per heavy atom. The third-order valence-electron chi connectivity index (χ3n) is 3.76. The fourth-order valence-corrected chi connectivity index (χ4v) is 4.19. The lowest BCUT2D eigenvalue weighted by Gasteiger charge is -2.28. The number of ether oxygens (including phenoxy) is 1. The molecule has 0 aromatic heterocycles. The molecule has 3 nitrogen and oxygen atoms in total. The van der Waals surface area contributed by atoms with Gasteiger partial charge >= 0.3 is 0 Å². The van der Waals surface area contributed by atoms with Crippen LogP contribution in [0.2, 0.25) is 0 Å². The van der Waals surface area contributed by atoms with E-state index in [2.05, 4.69) is 25.2 Å². The topological polar surface area (TPSA) is 45.0 Å². The van der Waals surface area contributed by atoms with E-state index < -0.39 is 0 Å². The Morgan fingerprint density at radius 1 is 1.50 bits per heavy atom. The number of rotatable bonds is 6. The highest BCUT2D eigenvalue weighted by Crippen LogP contribution is 2.33. The Morgan fingerprint density at radius 2 is 2.22 bits per heavy atom. The Balaban J connectivity index is 1.81. The minimum atomic E-state index is -0.365. The smallest absolute Gasteiger partial charge is 0.105 e. The second-order valence-electron chi connectivity index (χ2n) is 5.92. The average Bonchev–Trinajstić information content (AvgIpc) is 3.02. The average molecular weight is 268 g/mol. The van der Waals surface area contributed by atoms with Crippen LogP contribution in [-0.4, -0.2) is 34.8 Å². The third kappa shape index (κ3) is 3.88. The van der Waals surface area contributed by atoms with E-state index in [4.69, 9.17) is 4.74 Å². The zero-order valence-electron chi connectivity index (χ0n) is 11.6. The molecule has 4 unspecified atom stereocenters. The molecule has 1 aliphatic heterocycles. The summed E-state index contributed by atoms with van der Waals surface area (Å²) >= 11 is 1.99. The molecule has 2 fully saturated rings. The summed E-state index contributed by atoms with van der Waals surface area (Å²) < 4.78 is 5.60. The fraction of sp³-hybridized carbons (Fsp3) is 0.929. The minimum Gasteiger partial charge on any atom is -0.377 e. The molecule has 0 aromatic rings. The zero-order valence-corrected chi connectivity index (χ0v) is 12.4. The molecule has 0 spiro atoms. The van der Waals surface area contributed by atoms with Gasteiger partial charge in [0.25, 0.3) is 0 Å². The lowest BCUT2D eigenvalue weighted by molar-refractivity contribution is 0.127. The van der Waals surface area contributed by atoms with Crippen molar-refractivity contribution in [3.05, 3.63) is 0 Å². The van der Waals surface area contributed by atoms with Crippen LogP contribution in [0.1, 0.15) is 46.5 Å². The van der Waals surface area contributed by atoms with Crippen molar-refractivity contribution in [2.75, 3.05) is 6.61 Å². The van der Waals surface area contributed by atoms with E-state index in [1.165, 1.54) is 12.8 Å². The van der Waals surface area contributed by atoms with Crippen molar-refractivity contribution < 1.29 is 4.74 Å². The van der Waals surface area contributed by atoms with Crippen LogP contribution < -0.4 is 5.32 Å². The monoisotopic (exact) mass is 268 g/mol. The Bertz CT molecular complexity index is 326. The van der Waals surface area contributed by atoms with Crippen LogP contribution in [-0.2, 0) is 4.74 Å². The highest BCUT2D eigenvalue weighted by atomic mass is 32.2. The van der Waals surface area contributed by atoms with Crippen molar-refractivity contribution in [3.8, 4) is 6.07 Å². The van der Waals surface area contributed by atoms with Gasteiger partial charge in [0.15, 0.2) is 0 Å². The van der Waals surface area contributed by atoms with Crippen molar-refractivity contribution in [2.45, 2.75) is 74.6 Å². The molecule has 4 atom stereocenters. The van der Waals surface area contributed by atoms with Gasteiger partial charge in [0.2, 0.25) is 0 Å². The van der Waals surface area contributed by atoms with Gasteiger partial charge < -0.3 is 4.74 Å². The van der Waals surface area contributed by atoms with Gasteiger partial charge in [0, 0.05) is 23.1 Å². The molecule has 1 N–H and O–H groups in total. The van der Waals surface area contributed by atoms with Crippen LogP contribution in [0.5, 0.6) is 0 Å². The molecule has 2 aliphatic rings. The first-order chi connectivity index (χ1) is 8.52. The highest BCUT2D eigenvalue weighted by molar-refractivity contribution is 8.00. The Labute approximate surface area is 115 Å². The molecule has 1 saturated heterocycles. The maximum atomic E-state index is 9.38. The van der Waals surface area contributed by atoms with Crippen LogP contribution >= 0.6 is 11.8 Å². The van der Waals surface area contributed by atoms with E-state index in [0.717, 1.165) is 19.4 Å². The van der Waals surface area contributed by atoms with Gasteiger partial charge in [-0.15, -0.1) is 0 Å². The SMILES string of the molecule is CC(CC(C)(C#N)NC1CC1)SC1CCOC1C. The first kappa shape index (κ1) is 14.2. The summed E-state index contributed by atoms with van der Waals surface area (Å²) in [5, 5.41) is 14.0. The number of hydrogen-bond donors (Lipinski definition) is 1. The van der Waals surface area contributed by atoms with Crippen molar-refractivity contribution in [1.29, 1.82) is 5.26 Å². The normalized spacial score (nSPS) is 32.8. The first-order valence-electron chi connectivity index (χ1n) is 6.98. The molecule has 1 saturated carbocycles. The summed E-state index contributed by atoms with van der Waals surface area (Å²) in [6, 6.07) is 3.04. The predicted octanol–water partition coefficient (Wildman–Crippen LogP) is 2.71. The van der Waals surface area contributed by atoms with Crippen molar-refractivity contribution in [1.82, 2.24) is 5.32 Å². The zero-order chi connectivity index (χ0) is 13.2. The lowest BCUT2D eigenvalue weighted by atomic mass is 9.98. The molecule has 0 aromatic carbocycles. The molecule has 0 radical (unpaired) electrons. The molecule has 2 rings (SSSR count). The van der Waals surface area contributed by atoms with E-state index in [9.17, 15) is 5.26 Å². The fourth-order valence-electron chi connectivity index (χ4n) is 2.63. The largest absolute Gasteiger partial charge is 0.377 e. The van der Waals surface area contributed by atoms with E-state index >= 15 is 0 Å². The van der Waals surface area contributed by atoms with Crippen molar-refractivity contribution in [3.63, 3.8) is 0 Å². The van der Waals surface area contributed by atoms with Gasteiger partial charge in [-0.25, -0.2) is 0 Å². The van der Waals surface area contributed by atoms with E-state index in [-0.39, 0.29) is 5.54 Å². The number of hydrogen-bond acceptors (Lipinski definition) is 4. The maximum absolute atomic E-state index is 9.38. The Hall–Kier alpha value is -0.240. The molecule has 1 heterocycles. The van der Waals surface area contributed by atoms with Gasteiger partial charge in [-0.2, -0.15) is 17.0 Å². The van der Waals surface area contributed by atoms with Crippen molar-refractivity contribution in [2.24, 2.45) is 0 Å². The Kier molecular flexibility index (Phi) is 4.58. The predicted molar refractivity (Wildman–Crippen MR) is 75.7 cm³/mol. The number of nitrogens with zero attached hydrogens (tertiary/aromatic N) is 1. The van der Waals surface area contributed by atoms with Gasteiger partial charge in [0.05, 0.1) is 12.2 Å². The lowest BCUT2D eigenvalue weighted by Crippen LogP contribution is -2.44. The molecule has 4 heteroatoms. The van der Waals surface area contributed by atoms with E-state index in [1.807, 2.05) is 18.7 Å². The number of thioether (sulfide) groups is 1. The summed E-state index contributed by atoms with van der Waals surface area (Å²) in [6.45, 7) is 7.32. The number of nitriles is 1. The van der Waals surface area contributed by atoms with Crippen molar-refractivity contribution >= 4 is 11.8 Å². The number of nitrogens with one attached hydrogen (secondary N) is 1. The van der Waals surface area contributed by atoms with E-state index in [1.54, 1.807) is 0 Å². The van der Waals surface area contributed by atoms with Gasteiger partial charge in [-0.3, -0.25) is 5.32 Å². The summed E-state index contributed by atoms with van der Waals surface area (Å²) in [6.07, 6.45) is 4.88. The quantitative estimate of drug-likeness (QED) is 0.804. The van der Waals surface area contributed by atoms with Crippen LogP contribution in [0.3, 0.4) is 0 Å². The van der Waals surface area contributed by atoms with Crippen LogP contribution in [0.15, 0.2) is 0 Å². The standard InChI is InChI=1S/C14H24N2OS/c1-10(18-13-6-7-17-11(13)2)8-14(3,9-15)16-12-4-5-12/h10-13,16H,4-8H2,1-3H3. The second kappa shape index (κ2) is 5.81. The maximum Gasteiger partial charge on any atom is 0.105 e. The summed E-state index contributed by atoms with van der Waals surface area (Å²) in [4.78, 5) is 0. The summed E-state index contributed by atoms with van der Waals surface area (Å²) in [5.74, 6) is 0.